The average molecular weight is 277 g/mol. The van der Waals surface area contributed by atoms with Crippen molar-refractivity contribution in [3.05, 3.63) is 65.2 Å². The fourth-order valence-corrected chi connectivity index (χ4v) is 2.08. The summed E-state index contributed by atoms with van der Waals surface area (Å²) in [6, 6.07) is 11.4. The summed E-state index contributed by atoms with van der Waals surface area (Å²) in [4.78, 5) is 0. The van der Waals surface area contributed by atoms with Gasteiger partial charge in [0.1, 0.15) is 0 Å². The van der Waals surface area contributed by atoms with Crippen molar-refractivity contribution in [1.82, 2.24) is 0 Å². The van der Waals surface area contributed by atoms with E-state index in [0.29, 0.717) is 0 Å². The van der Waals surface area contributed by atoms with Gasteiger partial charge in [0.15, 0.2) is 11.6 Å². The Morgan fingerprint density at radius 1 is 1.10 bits per heavy atom. The van der Waals surface area contributed by atoms with Crippen LogP contribution < -0.4 is 5.32 Å². The second-order valence-corrected chi connectivity index (χ2v) is 5.08. The van der Waals surface area contributed by atoms with Crippen LogP contribution in [0.3, 0.4) is 0 Å². The van der Waals surface area contributed by atoms with Gasteiger partial charge in [0, 0.05) is 11.3 Å². The Balaban J connectivity index is 2.38. The maximum Gasteiger partial charge on any atom is 0.164 e. The lowest BCUT2D eigenvalue weighted by molar-refractivity contribution is 0.219. The molecule has 0 aliphatic heterocycles. The van der Waals surface area contributed by atoms with E-state index in [1.165, 1.54) is 12.1 Å². The molecule has 0 aromatic heterocycles. The summed E-state index contributed by atoms with van der Waals surface area (Å²) in [5.41, 5.74) is 0.830. The fraction of sp³-hybridized carbons (Fsp3) is 0.250. The van der Waals surface area contributed by atoms with Crippen LogP contribution in [-0.4, -0.2) is 11.7 Å². The average Bonchev–Trinajstić information content (AvgIpc) is 2.44. The van der Waals surface area contributed by atoms with Gasteiger partial charge in [0.2, 0.25) is 0 Å². The number of aliphatic hydroxyl groups excluding tert-OH is 1. The summed E-state index contributed by atoms with van der Waals surface area (Å²) in [6.45, 7) is 3.23. The Labute approximate surface area is 117 Å². The van der Waals surface area contributed by atoms with Crippen LogP contribution in [0.2, 0.25) is 0 Å². The molecule has 0 radical (unpaired) electrons. The highest BCUT2D eigenvalue weighted by atomic mass is 19.2. The van der Waals surface area contributed by atoms with Crippen molar-refractivity contribution in [3.8, 4) is 0 Å². The first kappa shape index (κ1) is 14.5. The third-order valence-electron chi connectivity index (χ3n) is 3.33. The molecule has 0 amide bonds. The molecule has 0 saturated heterocycles. The lowest BCUT2D eigenvalue weighted by atomic mass is 9.91. The smallest absolute Gasteiger partial charge is 0.164 e. The van der Waals surface area contributed by atoms with E-state index in [4.69, 9.17) is 0 Å². The van der Waals surface area contributed by atoms with E-state index >= 15 is 0 Å². The molecule has 0 aliphatic carbocycles. The van der Waals surface area contributed by atoms with E-state index in [2.05, 4.69) is 5.32 Å². The van der Waals surface area contributed by atoms with Gasteiger partial charge in [-0.2, -0.15) is 0 Å². The van der Waals surface area contributed by atoms with Crippen molar-refractivity contribution in [3.63, 3.8) is 0 Å². The van der Waals surface area contributed by atoms with E-state index in [9.17, 15) is 13.9 Å². The molecular weight excluding hydrogens is 260 g/mol. The lowest BCUT2D eigenvalue weighted by Gasteiger charge is -2.31. The Kier molecular flexibility index (Phi) is 4.04. The van der Waals surface area contributed by atoms with Crippen LogP contribution in [0.15, 0.2) is 42.5 Å². The van der Waals surface area contributed by atoms with Gasteiger partial charge in [-0.05, 0) is 32.0 Å². The molecule has 4 heteroatoms. The molecule has 2 rings (SSSR count). The highest BCUT2D eigenvalue weighted by Gasteiger charge is 2.30. The number of halogens is 2. The standard InChI is InChI=1S/C16H17F2NO/c1-11-6-8-12(9-7-11)19-16(2,10-20)13-4-3-5-14(17)15(13)18/h3-9,19-20H,10H2,1-2H3. The molecular formula is C16H17F2NO. The monoisotopic (exact) mass is 277 g/mol. The van der Waals surface area contributed by atoms with Gasteiger partial charge < -0.3 is 10.4 Å². The normalized spacial score (nSPS) is 13.8. The summed E-state index contributed by atoms with van der Waals surface area (Å²) in [6.07, 6.45) is 0. The van der Waals surface area contributed by atoms with Crippen LogP contribution >= 0.6 is 0 Å². The summed E-state index contributed by atoms with van der Waals surface area (Å²) in [5, 5.41) is 12.7. The van der Waals surface area contributed by atoms with Crippen molar-refractivity contribution < 1.29 is 13.9 Å². The number of nitrogens with one attached hydrogen (secondary N) is 1. The maximum atomic E-state index is 13.9. The van der Waals surface area contributed by atoms with E-state index in [1.54, 1.807) is 6.92 Å². The molecule has 2 N–H and O–H groups in total. The minimum Gasteiger partial charge on any atom is -0.394 e. The molecule has 2 nitrogen and oxygen atoms in total. The van der Waals surface area contributed by atoms with Gasteiger partial charge in [-0.25, -0.2) is 8.78 Å². The first-order valence-electron chi connectivity index (χ1n) is 6.36. The quantitative estimate of drug-likeness (QED) is 0.895. The third kappa shape index (κ3) is 2.80. The predicted octanol–water partition coefficient (Wildman–Crippen LogP) is 3.59. The molecule has 2 aromatic carbocycles. The second kappa shape index (κ2) is 5.59. The number of hydrogen-bond acceptors (Lipinski definition) is 2. The van der Waals surface area contributed by atoms with Crippen molar-refractivity contribution in [2.75, 3.05) is 11.9 Å². The summed E-state index contributed by atoms with van der Waals surface area (Å²) in [7, 11) is 0. The predicted molar refractivity (Wildman–Crippen MR) is 75.6 cm³/mol. The zero-order chi connectivity index (χ0) is 14.8. The minimum absolute atomic E-state index is 0.0978. The Morgan fingerprint density at radius 3 is 2.35 bits per heavy atom. The van der Waals surface area contributed by atoms with E-state index in [0.717, 1.165) is 17.3 Å². The lowest BCUT2D eigenvalue weighted by Crippen LogP contribution is -2.37. The zero-order valence-electron chi connectivity index (χ0n) is 11.5. The van der Waals surface area contributed by atoms with Gasteiger partial charge in [-0.1, -0.05) is 29.8 Å². The summed E-state index contributed by atoms with van der Waals surface area (Å²) < 4.78 is 27.3. The zero-order valence-corrected chi connectivity index (χ0v) is 11.5. The maximum absolute atomic E-state index is 13.9. The molecule has 0 saturated carbocycles. The minimum atomic E-state index is -1.10. The number of hydrogen-bond donors (Lipinski definition) is 2. The second-order valence-electron chi connectivity index (χ2n) is 5.08. The molecule has 0 bridgehead atoms. The number of anilines is 1. The molecule has 1 unspecified atom stereocenters. The van der Waals surface area contributed by atoms with E-state index in [1.807, 2.05) is 31.2 Å². The van der Waals surface area contributed by atoms with Crippen molar-refractivity contribution >= 4 is 5.69 Å². The van der Waals surface area contributed by atoms with Gasteiger partial charge >= 0.3 is 0 Å². The molecule has 0 fully saturated rings. The number of benzene rings is 2. The number of aliphatic hydroxyl groups is 1. The van der Waals surface area contributed by atoms with Gasteiger partial charge in [-0.3, -0.25) is 0 Å². The highest BCUT2D eigenvalue weighted by Crippen LogP contribution is 2.29. The molecule has 20 heavy (non-hydrogen) atoms. The Morgan fingerprint density at radius 2 is 1.75 bits per heavy atom. The number of aryl methyl sites for hydroxylation is 1. The van der Waals surface area contributed by atoms with Crippen molar-refractivity contribution in [2.45, 2.75) is 19.4 Å². The molecule has 1 atom stereocenters. The van der Waals surface area contributed by atoms with Gasteiger partial charge in [-0.15, -0.1) is 0 Å². The Bertz CT molecular complexity index is 598. The highest BCUT2D eigenvalue weighted by molar-refractivity contribution is 5.49. The number of rotatable bonds is 4. The molecule has 106 valence electrons. The van der Waals surface area contributed by atoms with E-state index in [-0.39, 0.29) is 12.2 Å². The topological polar surface area (TPSA) is 32.3 Å². The van der Waals surface area contributed by atoms with Crippen LogP contribution in [-0.2, 0) is 5.54 Å². The fourth-order valence-electron chi connectivity index (χ4n) is 2.08. The Hall–Kier alpha value is -1.94. The van der Waals surface area contributed by atoms with Crippen molar-refractivity contribution in [2.24, 2.45) is 0 Å². The van der Waals surface area contributed by atoms with Crippen LogP contribution in [0.25, 0.3) is 0 Å². The largest absolute Gasteiger partial charge is 0.394 e. The van der Waals surface area contributed by atoms with Crippen LogP contribution in [0.5, 0.6) is 0 Å². The van der Waals surface area contributed by atoms with Gasteiger partial charge in [0.05, 0.1) is 12.1 Å². The van der Waals surface area contributed by atoms with Gasteiger partial charge in [0.25, 0.3) is 0 Å². The molecule has 0 aliphatic rings. The first-order valence-corrected chi connectivity index (χ1v) is 6.36. The van der Waals surface area contributed by atoms with Crippen LogP contribution in [0.4, 0.5) is 14.5 Å². The summed E-state index contributed by atoms with van der Waals surface area (Å²) in [5.74, 6) is -1.86. The van der Waals surface area contributed by atoms with Crippen molar-refractivity contribution in [1.29, 1.82) is 0 Å². The first-order chi connectivity index (χ1) is 9.46. The van der Waals surface area contributed by atoms with E-state index < -0.39 is 17.2 Å². The van der Waals surface area contributed by atoms with Crippen LogP contribution in [0.1, 0.15) is 18.1 Å². The molecule has 0 heterocycles. The third-order valence-corrected chi connectivity index (χ3v) is 3.33. The molecule has 0 spiro atoms. The van der Waals surface area contributed by atoms with Crippen LogP contribution in [0, 0.1) is 18.6 Å². The molecule has 2 aromatic rings. The summed E-state index contributed by atoms with van der Waals surface area (Å²) >= 11 is 0. The SMILES string of the molecule is Cc1ccc(NC(C)(CO)c2cccc(F)c2F)cc1.